The third-order valence-electron chi connectivity index (χ3n) is 7.82. The molecule has 10 heteroatoms. The normalized spacial score (nSPS) is 19.3. The lowest BCUT2D eigenvalue weighted by atomic mass is 9.95. The maximum Gasteiger partial charge on any atom is 0.257 e. The third-order valence-corrected chi connectivity index (χ3v) is 7.82. The Balaban J connectivity index is 1.20. The zero-order chi connectivity index (χ0) is 26.6. The number of nitrogens with zero attached hydrogens (tertiary/aromatic N) is 4. The average Bonchev–Trinajstić information content (AvgIpc) is 2.97. The lowest BCUT2D eigenvalue weighted by Crippen LogP contribution is -2.50. The molecule has 2 aromatic rings. The number of piperidine rings is 2. The molecule has 2 amide bonds. The van der Waals surface area contributed by atoms with Gasteiger partial charge < -0.3 is 35.1 Å². The van der Waals surface area contributed by atoms with Gasteiger partial charge in [-0.1, -0.05) is 23.4 Å². The van der Waals surface area contributed by atoms with Gasteiger partial charge in [-0.25, -0.2) is 0 Å². The highest BCUT2D eigenvalue weighted by atomic mass is 16.5. The first-order chi connectivity index (χ1) is 18.5. The smallest absolute Gasteiger partial charge is 0.257 e. The fourth-order valence-electron chi connectivity index (χ4n) is 5.73. The highest BCUT2D eigenvalue weighted by Crippen LogP contribution is 2.33. The molecule has 0 unspecified atom stereocenters. The minimum Gasteiger partial charge on any atom is -0.496 e. The molecule has 10 nitrogen and oxygen atoms in total. The number of carbonyl (C=O) groups is 2. The second-order valence-corrected chi connectivity index (χ2v) is 10.0. The molecule has 0 radical (unpaired) electrons. The number of para-hydroxylation sites is 1. The van der Waals surface area contributed by atoms with E-state index in [4.69, 9.17) is 20.4 Å². The Kier molecular flexibility index (Phi) is 7.57. The van der Waals surface area contributed by atoms with Crippen molar-refractivity contribution in [3.8, 4) is 11.5 Å². The van der Waals surface area contributed by atoms with Gasteiger partial charge in [0.25, 0.3) is 5.91 Å². The Morgan fingerprint density at radius 3 is 2.42 bits per heavy atom. The Labute approximate surface area is 222 Å². The molecule has 3 N–H and O–H groups in total. The molecule has 0 aromatic heterocycles. The maximum atomic E-state index is 13.4. The fourth-order valence-corrected chi connectivity index (χ4v) is 5.73. The first-order valence-electron chi connectivity index (χ1n) is 13.2. The molecule has 0 aliphatic carbocycles. The number of methoxy groups -OCH3 is 1. The zero-order valence-electron chi connectivity index (χ0n) is 21.7. The molecule has 202 valence electrons. The van der Waals surface area contributed by atoms with Gasteiger partial charge in [0.1, 0.15) is 17.6 Å². The highest BCUT2D eigenvalue weighted by Gasteiger charge is 2.34. The van der Waals surface area contributed by atoms with E-state index in [-0.39, 0.29) is 29.9 Å². The zero-order valence-corrected chi connectivity index (χ0v) is 21.7. The first-order valence-corrected chi connectivity index (χ1v) is 13.2. The number of likely N-dealkylation sites (tertiary alicyclic amines) is 2. The van der Waals surface area contributed by atoms with Crippen molar-refractivity contribution in [3.63, 3.8) is 0 Å². The number of oxime groups is 1. The first kappa shape index (κ1) is 25.7. The predicted molar refractivity (Wildman–Crippen MR) is 143 cm³/mol. The molecule has 0 spiro atoms. The number of benzene rings is 2. The van der Waals surface area contributed by atoms with Crippen molar-refractivity contribution < 1.29 is 24.3 Å². The summed E-state index contributed by atoms with van der Waals surface area (Å²) >= 11 is 0. The van der Waals surface area contributed by atoms with E-state index in [1.807, 2.05) is 39.0 Å². The fraction of sp³-hybridized carbons (Fsp3) is 0.464. The molecule has 5 rings (SSSR count). The van der Waals surface area contributed by atoms with Gasteiger partial charge in [-0.2, -0.15) is 0 Å². The van der Waals surface area contributed by atoms with Crippen LogP contribution < -0.4 is 20.1 Å². The summed E-state index contributed by atoms with van der Waals surface area (Å²) in [5.74, 6) is 1.32. The number of nitrogens with two attached hydrogens (primary N) is 1. The monoisotopic (exact) mass is 521 g/mol. The average molecular weight is 522 g/mol. The number of aryl methyl sites for hydroxylation is 1. The molecule has 2 aromatic carbocycles. The third kappa shape index (κ3) is 5.20. The number of anilines is 1. The van der Waals surface area contributed by atoms with Crippen molar-refractivity contribution in [2.45, 2.75) is 50.7 Å². The predicted octanol–water partition coefficient (Wildman–Crippen LogP) is 2.83. The van der Waals surface area contributed by atoms with E-state index in [0.717, 1.165) is 37.8 Å². The van der Waals surface area contributed by atoms with Crippen LogP contribution in [0.3, 0.4) is 0 Å². The van der Waals surface area contributed by atoms with Crippen LogP contribution in [0.25, 0.3) is 0 Å². The van der Waals surface area contributed by atoms with Gasteiger partial charge in [0.2, 0.25) is 11.9 Å². The van der Waals surface area contributed by atoms with Crippen molar-refractivity contribution in [1.29, 1.82) is 0 Å². The minimum atomic E-state index is -0.0794. The SMILES string of the molecule is COc1cc(OC2CCN(/C(N)=N\O)CC2)ccc1C(=O)N1CCC(N2C(=O)CCc3ccccc32)CC1. The number of rotatable bonds is 5. The Morgan fingerprint density at radius 1 is 1.00 bits per heavy atom. The van der Waals surface area contributed by atoms with Gasteiger partial charge in [-0.15, -0.1) is 0 Å². The number of hydrogen-bond donors (Lipinski definition) is 2. The van der Waals surface area contributed by atoms with E-state index in [1.165, 1.54) is 5.56 Å². The number of ether oxygens (including phenoxy) is 2. The molecular weight excluding hydrogens is 486 g/mol. The summed E-state index contributed by atoms with van der Waals surface area (Å²) in [6, 6.07) is 13.5. The number of carbonyl (C=O) groups excluding carboxylic acids is 2. The van der Waals surface area contributed by atoms with Crippen molar-refractivity contribution in [3.05, 3.63) is 53.6 Å². The molecule has 2 saturated heterocycles. The van der Waals surface area contributed by atoms with Crippen LogP contribution in [0, 0.1) is 0 Å². The number of guanidine groups is 1. The lowest BCUT2D eigenvalue weighted by molar-refractivity contribution is -0.119. The summed E-state index contributed by atoms with van der Waals surface area (Å²) in [6.45, 7) is 2.43. The number of fused-ring (bicyclic) bond motifs is 1. The van der Waals surface area contributed by atoms with Crippen LogP contribution in [0.4, 0.5) is 5.69 Å². The number of hydrogen-bond acceptors (Lipinski definition) is 6. The minimum absolute atomic E-state index is 0.00865. The van der Waals surface area contributed by atoms with Gasteiger partial charge in [0.15, 0.2) is 0 Å². The molecular formula is C28H35N5O5. The summed E-state index contributed by atoms with van der Waals surface area (Å²) in [7, 11) is 1.55. The summed E-state index contributed by atoms with van der Waals surface area (Å²) in [6.07, 6.45) is 4.25. The summed E-state index contributed by atoms with van der Waals surface area (Å²) in [5, 5.41) is 11.9. The molecule has 2 fully saturated rings. The Hall–Kier alpha value is -3.95. The second-order valence-electron chi connectivity index (χ2n) is 10.0. The molecule has 3 aliphatic rings. The van der Waals surface area contributed by atoms with Crippen molar-refractivity contribution in [1.82, 2.24) is 9.80 Å². The van der Waals surface area contributed by atoms with E-state index in [1.54, 1.807) is 19.2 Å². The summed E-state index contributed by atoms with van der Waals surface area (Å²) < 4.78 is 11.7. The van der Waals surface area contributed by atoms with Crippen LogP contribution in [-0.4, -0.2) is 78.2 Å². The van der Waals surface area contributed by atoms with Crippen LogP contribution in [0.15, 0.2) is 47.6 Å². The van der Waals surface area contributed by atoms with E-state index in [0.29, 0.717) is 49.7 Å². The van der Waals surface area contributed by atoms with Gasteiger partial charge in [-0.05, 0) is 43.0 Å². The molecule has 3 aliphatic heterocycles. The van der Waals surface area contributed by atoms with Gasteiger partial charge in [0.05, 0.1) is 12.7 Å². The second kappa shape index (κ2) is 11.2. The standard InChI is InChI=1S/C28H35N5O5/c1-37-25-18-22(38-21-12-16-32(17-13-21)28(29)30-36)7-8-23(25)27(35)31-14-10-20(11-15-31)33-24-5-3-2-4-19(24)6-9-26(33)34/h2-5,7-8,18,20-21,36H,6,9-17H2,1H3,(H2,29,30). The van der Waals surface area contributed by atoms with Crippen molar-refractivity contribution in [2.75, 3.05) is 38.2 Å². The van der Waals surface area contributed by atoms with E-state index in [9.17, 15) is 9.59 Å². The van der Waals surface area contributed by atoms with Gasteiger partial charge in [-0.3, -0.25) is 9.59 Å². The maximum absolute atomic E-state index is 13.4. The van der Waals surface area contributed by atoms with Gasteiger partial charge in [0, 0.05) is 63.2 Å². The van der Waals surface area contributed by atoms with Crippen LogP contribution >= 0.6 is 0 Å². The Bertz CT molecular complexity index is 1200. The van der Waals surface area contributed by atoms with E-state index in [2.05, 4.69) is 11.2 Å². The molecule has 0 bridgehead atoms. The van der Waals surface area contributed by atoms with Crippen molar-refractivity contribution in [2.24, 2.45) is 10.9 Å². The van der Waals surface area contributed by atoms with Crippen LogP contribution in [0.1, 0.15) is 48.0 Å². The van der Waals surface area contributed by atoms with Crippen molar-refractivity contribution >= 4 is 23.5 Å². The van der Waals surface area contributed by atoms with E-state index < -0.39 is 0 Å². The lowest BCUT2D eigenvalue weighted by Gasteiger charge is -2.41. The molecule has 38 heavy (non-hydrogen) atoms. The quantitative estimate of drug-likeness (QED) is 0.269. The number of amides is 2. The van der Waals surface area contributed by atoms with Crippen LogP contribution in [0.5, 0.6) is 11.5 Å². The van der Waals surface area contributed by atoms with Gasteiger partial charge >= 0.3 is 0 Å². The summed E-state index contributed by atoms with van der Waals surface area (Å²) in [4.78, 5) is 31.9. The van der Waals surface area contributed by atoms with Crippen LogP contribution in [0.2, 0.25) is 0 Å². The Morgan fingerprint density at radius 2 is 1.71 bits per heavy atom. The molecule has 0 atom stereocenters. The summed E-state index contributed by atoms with van der Waals surface area (Å²) in [5.41, 5.74) is 8.41. The molecule has 3 heterocycles. The van der Waals surface area contributed by atoms with E-state index >= 15 is 0 Å². The van der Waals surface area contributed by atoms with Crippen LogP contribution in [-0.2, 0) is 11.2 Å². The molecule has 0 saturated carbocycles. The largest absolute Gasteiger partial charge is 0.496 e. The highest BCUT2D eigenvalue weighted by molar-refractivity contribution is 5.98. The topological polar surface area (TPSA) is 121 Å².